The fraction of sp³-hybridized carbons (Fsp3) is 0.636. The standard InChI is InChI=1S/C22H32N2O3/c1-16-9-5-6-10-17(16)15-24(18-12-13-18)20(25)19-11-7-8-14-23(19)21(26)27-22(2,3)4/h5-6,9-10,18-19H,7-8,11-15H2,1-4H3. The van der Waals surface area contributed by atoms with Gasteiger partial charge in [-0.15, -0.1) is 0 Å². The molecule has 0 aromatic heterocycles. The van der Waals surface area contributed by atoms with Crippen molar-refractivity contribution in [1.82, 2.24) is 9.80 Å². The summed E-state index contributed by atoms with van der Waals surface area (Å²) in [5.41, 5.74) is 1.82. The zero-order valence-electron chi connectivity index (χ0n) is 17.0. The molecular formula is C22H32N2O3. The third-order valence-electron chi connectivity index (χ3n) is 5.29. The molecule has 5 nitrogen and oxygen atoms in total. The first-order valence-corrected chi connectivity index (χ1v) is 10.1. The summed E-state index contributed by atoms with van der Waals surface area (Å²) in [4.78, 5) is 29.8. The predicted molar refractivity (Wildman–Crippen MR) is 105 cm³/mol. The van der Waals surface area contributed by atoms with Gasteiger partial charge in [-0.05, 0) is 70.9 Å². The Balaban J connectivity index is 1.77. The van der Waals surface area contributed by atoms with Gasteiger partial charge in [0.15, 0.2) is 0 Å². The molecule has 3 rings (SSSR count). The third kappa shape index (κ3) is 5.02. The first kappa shape index (κ1) is 19.7. The van der Waals surface area contributed by atoms with E-state index < -0.39 is 11.6 Å². The van der Waals surface area contributed by atoms with E-state index in [-0.39, 0.29) is 12.0 Å². The zero-order chi connectivity index (χ0) is 19.6. The van der Waals surface area contributed by atoms with Crippen molar-refractivity contribution in [3.63, 3.8) is 0 Å². The summed E-state index contributed by atoms with van der Waals surface area (Å²) in [5.74, 6) is 0.0753. The van der Waals surface area contributed by atoms with Crippen LogP contribution in [0.15, 0.2) is 24.3 Å². The highest BCUT2D eigenvalue weighted by Gasteiger charge is 2.41. The Kier molecular flexibility index (Phi) is 5.78. The van der Waals surface area contributed by atoms with Gasteiger partial charge in [-0.3, -0.25) is 9.69 Å². The minimum atomic E-state index is -0.556. The van der Waals surface area contributed by atoms with Crippen molar-refractivity contribution in [3.05, 3.63) is 35.4 Å². The molecule has 1 unspecified atom stereocenters. The van der Waals surface area contributed by atoms with E-state index >= 15 is 0 Å². The molecule has 2 amide bonds. The van der Waals surface area contributed by atoms with Gasteiger partial charge in [-0.25, -0.2) is 4.79 Å². The molecule has 0 radical (unpaired) electrons. The SMILES string of the molecule is Cc1ccccc1CN(C(=O)C1CCCCN1C(=O)OC(C)(C)C)C1CC1. The molecule has 1 heterocycles. The molecule has 5 heteroatoms. The lowest BCUT2D eigenvalue weighted by atomic mass is 10.0. The molecular weight excluding hydrogens is 340 g/mol. The van der Waals surface area contributed by atoms with E-state index in [4.69, 9.17) is 4.74 Å². The smallest absolute Gasteiger partial charge is 0.410 e. The number of hydrogen-bond donors (Lipinski definition) is 0. The topological polar surface area (TPSA) is 49.9 Å². The number of amides is 2. The minimum absolute atomic E-state index is 0.0753. The summed E-state index contributed by atoms with van der Waals surface area (Å²) in [6, 6.07) is 8.11. The van der Waals surface area contributed by atoms with Crippen molar-refractivity contribution in [2.24, 2.45) is 0 Å². The summed E-state index contributed by atoms with van der Waals surface area (Å²) >= 11 is 0. The van der Waals surface area contributed by atoms with Gasteiger partial charge in [0, 0.05) is 19.1 Å². The Morgan fingerprint density at radius 1 is 1.15 bits per heavy atom. The number of nitrogens with zero attached hydrogens (tertiary/aromatic N) is 2. The molecule has 0 bridgehead atoms. The van der Waals surface area contributed by atoms with Crippen molar-refractivity contribution in [3.8, 4) is 0 Å². The van der Waals surface area contributed by atoms with Gasteiger partial charge < -0.3 is 9.64 Å². The van der Waals surface area contributed by atoms with Crippen LogP contribution in [0.4, 0.5) is 4.79 Å². The normalized spacial score (nSPS) is 20.3. The number of rotatable bonds is 4. The van der Waals surface area contributed by atoms with Gasteiger partial charge in [-0.1, -0.05) is 24.3 Å². The number of benzene rings is 1. The van der Waals surface area contributed by atoms with E-state index in [2.05, 4.69) is 19.1 Å². The summed E-state index contributed by atoms with van der Waals surface area (Å²) in [7, 11) is 0. The highest BCUT2D eigenvalue weighted by Crippen LogP contribution is 2.32. The van der Waals surface area contributed by atoms with Gasteiger partial charge in [-0.2, -0.15) is 0 Å². The quantitative estimate of drug-likeness (QED) is 0.793. The van der Waals surface area contributed by atoms with Crippen molar-refractivity contribution < 1.29 is 14.3 Å². The van der Waals surface area contributed by atoms with E-state index in [9.17, 15) is 9.59 Å². The van der Waals surface area contributed by atoms with Crippen molar-refractivity contribution in [2.45, 2.75) is 84.0 Å². The van der Waals surface area contributed by atoms with Gasteiger partial charge >= 0.3 is 6.09 Å². The van der Waals surface area contributed by atoms with Crippen molar-refractivity contribution in [1.29, 1.82) is 0 Å². The lowest BCUT2D eigenvalue weighted by molar-refractivity contribution is -0.139. The number of ether oxygens (including phenoxy) is 1. The maximum absolute atomic E-state index is 13.5. The largest absolute Gasteiger partial charge is 0.444 e. The average Bonchev–Trinajstić information content (AvgIpc) is 3.44. The van der Waals surface area contributed by atoms with Crippen LogP contribution in [0.1, 0.15) is 64.0 Å². The van der Waals surface area contributed by atoms with Crippen LogP contribution in [0.25, 0.3) is 0 Å². The van der Waals surface area contributed by atoms with E-state index in [1.165, 1.54) is 11.1 Å². The average molecular weight is 373 g/mol. The second-order valence-corrected chi connectivity index (χ2v) is 8.81. The summed E-state index contributed by atoms with van der Waals surface area (Å²) in [6.07, 6.45) is 4.35. The van der Waals surface area contributed by atoms with E-state index in [0.29, 0.717) is 19.1 Å². The number of hydrogen-bond acceptors (Lipinski definition) is 3. The monoisotopic (exact) mass is 372 g/mol. The number of piperidine rings is 1. The predicted octanol–water partition coefficient (Wildman–Crippen LogP) is 4.28. The van der Waals surface area contributed by atoms with Crippen LogP contribution >= 0.6 is 0 Å². The molecule has 1 aromatic carbocycles. The van der Waals surface area contributed by atoms with Crippen LogP contribution in [0.2, 0.25) is 0 Å². The first-order chi connectivity index (χ1) is 12.8. The lowest BCUT2D eigenvalue weighted by Gasteiger charge is -2.38. The van der Waals surface area contributed by atoms with Crippen LogP contribution in [0, 0.1) is 6.92 Å². The fourth-order valence-electron chi connectivity index (χ4n) is 3.66. The van der Waals surface area contributed by atoms with Gasteiger partial charge in [0.1, 0.15) is 11.6 Å². The Bertz CT molecular complexity index is 691. The maximum Gasteiger partial charge on any atom is 0.410 e. The van der Waals surface area contributed by atoms with Crippen LogP contribution in [-0.2, 0) is 16.1 Å². The van der Waals surface area contributed by atoms with Gasteiger partial charge in [0.25, 0.3) is 0 Å². The molecule has 2 aliphatic rings. The Hall–Kier alpha value is -2.04. The molecule has 1 saturated carbocycles. The molecule has 1 saturated heterocycles. The number of carbonyl (C=O) groups excluding carboxylic acids is 2. The van der Waals surface area contributed by atoms with E-state index in [0.717, 1.165) is 32.1 Å². The highest BCUT2D eigenvalue weighted by molar-refractivity contribution is 5.86. The summed E-state index contributed by atoms with van der Waals surface area (Å²) in [6.45, 7) is 8.88. The molecule has 1 atom stereocenters. The Morgan fingerprint density at radius 2 is 1.85 bits per heavy atom. The lowest BCUT2D eigenvalue weighted by Crippen LogP contribution is -2.54. The summed E-state index contributed by atoms with van der Waals surface area (Å²) in [5, 5.41) is 0. The molecule has 2 fully saturated rings. The highest BCUT2D eigenvalue weighted by atomic mass is 16.6. The van der Waals surface area contributed by atoms with Gasteiger partial charge in [0.2, 0.25) is 5.91 Å². The van der Waals surface area contributed by atoms with Crippen LogP contribution in [0.5, 0.6) is 0 Å². The molecule has 1 aliphatic heterocycles. The first-order valence-electron chi connectivity index (χ1n) is 10.1. The molecule has 0 N–H and O–H groups in total. The second kappa shape index (κ2) is 7.91. The zero-order valence-corrected chi connectivity index (χ0v) is 17.0. The third-order valence-corrected chi connectivity index (χ3v) is 5.29. The van der Waals surface area contributed by atoms with Crippen molar-refractivity contribution >= 4 is 12.0 Å². The molecule has 0 spiro atoms. The molecule has 148 valence electrons. The number of aryl methyl sites for hydroxylation is 1. The number of likely N-dealkylation sites (tertiary alicyclic amines) is 1. The number of carbonyl (C=O) groups is 2. The van der Waals surface area contributed by atoms with Crippen LogP contribution in [-0.4, -0.2) is 46.0 Å². The molecule has 1 aliphatic carbocycles. The van der Waals surface area contributed by atoms with Crippen molar-refractivity contribution in [2.75, 3.05) is 6.54 Å². The van der Waals surface area contributed by atoms with Crippen LogP contribution in [0.3, 0.4) is 0 Å². The fourth-order valence-corrected chi connectivity index (χ4v) is 3.66. The second-order valence-electron chi connectivity index (χ2n) is 8.81. The molecule has 1 aromatic rings. The van der Waals surface area contributed by atoms with Gasteiger partial charge in [0.05, 0.1) is 0 Å². The Labute approximate surface area is 162 Å². The Morgan fingerprint density at radius 3 is 2.48 bits per heavy atom. The maximum atomic E-state index is 13.5. The minimum Gasteiger partial charge on any atom is -0.444 e. The van der Waals surface area contributed by atoms with E-state index in [1.807, 2.05) is 37.8 Å². The van der Waals surface area contributed by atoms with E-state index in [1.54, 1.807) is 4.90 Å². The summed E-state index contributed by atoms with van der Waals surface area (Å²) < 4.78 is 5.57. The van der Waals surface area contributed by atoms with Crippen LogP contribution < -0.4 is 0 Å². The molecule has 27 heavy (non-hydrogen) atoms.